The summed E-state index contributed by atoms with van der Waals surface area (Å²) in [6.45, 7) is 0. The molecule has 0 saturated carbocycles. The molecule has 2 aromatic carbocycles. The van der Waals surface area contributed by atoms with Crippen molar-refractivity contribution in [2.24, 2.45) is 0 Å². The third-order valence-electron chi connectivity index (χ3n) is 3.19. The summed E-state index contributed by atoms with van der Waals surface area (Å²) in [5.74, 6) is -1.34. The molecular weight excluding hydrogens is 402 g/mol. The van der Waals surface area contributed by atoms with E-state index < -0.39 is 5.97 Å². The van der Waals surface area contributed by atoms with Crippen LogP contribution in [0.15, 0.2) is 46.9 Å². The Hall–Kier alpha value is -1.89. The van der Waals surface area contributed by atoms with Gasteiger partial charge in [-0.15, -0.1) is 11.3 Å². The lowest BCUT2D eigenvalue weighted by Gasteiger charge is -2.04. The van der Waals surface area contributed by atoms with Crippen LogP contribution in [-0.4, -0.2) is 17.0 Å². The van der Waals surface area contributed by atoms with Crippen molar-refractivity contribution in [1.29, 1.82) is 0 Å². The van der Waals surface area contributed by atoms with Crippen LogP contribution in [0, 0.1) is 0 Å². The zero-order valence-electron chi connectivity index (χ0n) is 11.5. The second kappa shape index (κ2) is 6.31. The monoisotopic (exact) mass is 409 g/mol. The lowest BCUT2D eigenvalue weighted by Crippen LogP contribution is -2.10. The van der Waals surface area contributed by atoms with Gasteiger partial charge in [0.25, 0.3) is 5.91 Å². The van der Waals surface area contributed by atoms with Crippen molar-refractivity contribution in [3.05, 3.63) is 62.4 Å². The highest BCUT2D eigenvalue weighted by Gasteiger charge is 2.17. The standard InChI is InChI=1S/C16H9BrClNO3S/c17-9-3-6-11-12(7-9)23-14(13(11)18)15(20)19-10-4-1-8(2-5-10)16(21)22/h1-7H,(H,19,20)(H,21,22). The van der Waals surface area contributed by atoms with E-state index in [-0.39, 0.29) is 11.5 Å². The minimum absolute atomic E-state index is 0.160. The van der Waals surface area contributed by atoms with E-state index in [9.17, 15) is 9.59 Å². The van der Waals surface area contributed by atoms with Gasteiger partial charge in [0, 0.05) is 20.2 Å². The summed E-state index contributed by atoms with van der Waals surface area (Å²) >= 11 is 11.0. The van der Waals surface area contributed by atoms with Gasteiger partial charge in [-0.1, -0.05) is 33.6 Å². The van der Waals surface area contributed by atoms with Crippen molar-refractivity contribution in [1.82, 2.24) is 0 Å². The topological polar surface area (TPSA) is 66.4 Å². The second-order valence-electron chi connectivity index (χ2n) is 4.72. The van der Waals surface area contributed by atoms with E-state index in [1.165, 1.54) is 23.5 Å². The lowest BCUT2D eigenvalue weighted by atomic mass is 10.2. The van der Waals surface area contributed by atoms with Crippen LogP contribution in [0.3, 0.4) is 0 Å². The number of carbonyl (C=O) groups is 2. The molecule has 116 valence electrons. The first-order chi connectivity index (χ1) is 11.0. The highest BCUT2D eigenvalue weighted by atomic mass is 79.9. The number of fused-ring (bicyclic) bond motifs is 1. The molecule has 1 heterocycles. The molecule has 1 aromatic heterocycles. The van der Waals surface area contributed by atoms with Gasteiger partial charge in [0.05, 0.1) is 10.6 Å². The summed E-state index contributed by atoms with van der Waals surface area (Å²) in [5, 5.41) is 12.8. The van der Waals surface area contributed by atoms with Crippen molar-refractivity contribution in [2.45, 2.75) is 0 Å². The minimum atomic E-state index is -1.01. The highest BCUT2D eigenvalue weighted by molar-refractivity contribution is 9.10. The highest BCUT2D eigenvalue weighted by Crippen LogP contribution is 2.37. The molecule has 0 unspecified atom stereocenters. The second-order valence-corrected chi connectivity index (χ2v) is 7.07. The zero-order chi connectivity index (χ0) is 16.6. The van der Waals surface area contributed by atoms with Gasteiger partial charge in [-0.3, -0.25) is 4.79 Å². The number of benzene rings is 2. The molecule has 0 fully saturated rings. The Morgan fingerprint density at radius 1 is 1.13 bits per heavy atom. The summed E-state index contributed by atoms with van der Waals surface area (Å²) in [5.41, 5.74) is 0.669. The third-order valence-corrected chi connectivity index (χ3v) is 5.34. The Kier molecular flexibility index (Phi) is 4.39. The van der Waals surface area contributed by atoms with Crippen molar-refractivity contribution in [3.8, 4) is 0 Å². The fraction of sp³-hybridized carbons (Fsp3) is 0. The Morgan fingerprint density at radius 2 is 1.83 bits per heavy atom. The molecule has 0 spiro atoms. The smallest absolute Gasteiger partial charge is 0.335 e. The quantitative estimate of drug-likeness (QED) is 0.618. The maximum atomic E-state index is 12.4. The first kappa shape index (κ1) is 16.0. The molecule has 1 amide bonds. The normalized spacial score (nSPS) is 10.7. The maximum Gasteiger partial charge on any atom is 0.335 e. The number of hydrogen-bond acceptors (Lipinski definition) is 3. The summed E-state index contributed by atoms with van der Waals surface area (Å²) < 4.78 is 1.83. The van der Waals surface area contributed by atoms with Crippen molar-refractivity contribution < 1.29 is 14.7 Å². The third kappa shape index (κ3) is 3.24. The predicted octanol–water partition coefficient (Wildman–Crippen LogP) is 5.27. The van der Waals surface area contributed by atoms with E-state index in [0.29, 0.717) is 15.6 Å². The van der Waals surface area contributed by atoms with Crippen molar-refractivity contribution in [2.75, 3.05) is 5.32 Å². The van der Waals surface area contributed by atoms with Gasteiger partial charge in [-0.25, -0.2) is 4.79 Å². The van der Waals surface area contributed by atoms with E-state index >= 15 is 0 Å². The number of rotatable bonds is 3. The molecule has 0 aliphatic heterocycles. The molecule has 23 heavy (non-hydrogen) atoms. The van der Waals surface area contributed by atoms with Gasteiger partial charge < -0.3 is 10.4 Å². The number of aromatic carboxylic acids is 1. The summed E-state index contributed by atoms with van der Waals surface area (Å²) in [7, 11) is 0. The number of carbonyl (C=O) groups excluding carboxylic acids is 1. The fourth-order valence-corrected chi connectivity index (χ4v) is 4.03. The van der Waals surface area contributed by atoms with Crippen LogP contribution in [0.1, 0.15) is 20.0 Å². The van der Waals surface area contributed by atoms with E-state index in [1.807, 2.05) is 18.2 Å². The summed E-state index contributed by atoms with van der Waals surface area (Å²) in [6.07, 6.45) is 0. The number of amides is 1. The Balaban J connectivity index is 1.88. The molecule has 0 bridgehead atoms. The Labute approximate surface area is 148 Å². The number of carboxylic acids is 1. The van der Waals surface area contributed by atoms with Crippen LogP contribution in [0.2, 0.25) is 5.02 Å². The average molecular weight is 411 g/mol. The molecule has 7 heteroatoms. The van der Waals surface area contributed by atoms with Crippen molar-refractivity contribution in [3.63, 3.8) is 0 Å². The molecule has 3 rings (SSSR count). The van der Waals surface area contributed by atoms with E-state index in [2.05, 4.69) is 21.2 Å². The van der Waals surface area contributed by atoms with Gasteiger partial charge in [0.2, 0.25) is 0 Å². The van der Waals surface area contributed by atoms with Crippen LogP contribution >= 0.6 is 38.9 Å². The molecule has 0 aliphatic rings. The first-order valence-corrected chi connectivity index (χ1v) is 8.46. The van der Waals surface area contributed by atoms with Crippen molar-refractivity contribution >= 4 is 66.5 Å². The number of nitrogens with one attached hydrogen (secondary N) is 1. The number of hydrogen-bond donors (Lipinski definition) is 2. The SMILES string of the molecule is O=C(O)c1ccc(NC(=O)c2sc3cc(Br)ccc3c2Cl)cc1. The van der Waals surface area contributed by atoms with Crippen LogP contribution in [0.4, 0.5) is 5.69 Å². The number of anilines is 1. The molecule has 0 atom stereocenters. The lowest BCUT2D eigenvalue weighted by molar-refractivity contribution is 0.0696. The molecule has 2 N–H and O–H groups in total. The van der Waals surface area contributed by atoms with E-state index in [0.717, 1.165) is 14.6 Å². The van der Waals surface area contributed by atoms with E-state index in [4.69, 9.17) is 16.7 Å². The first-order valence-electron chi connectivity index (χ1n) is 6.48. The van der Waals surface area contributed by atoms with Crippen LogP contribution in [0.5, 0.6) is 0 Å². The number of thiophene rings is 1. The summed E-state index contributed by atoms with van der Waals surface area (Å²) in [6, 6.07) is 11.6. The van der Waals surface area contributed by atoms with Crippen LogP contribution in [-0.2, 0) is 0 Å². The summed E-state index contributed by atoms with van der Waals surface area (Å²) in [4.78, 5) is 23.6. The molecule has 3 aromatic rings. The molecule has 0 radical (unpaired) electrons. The van der Waals surface area contributed by atoms with E-state index in [1.54, 1.807) is 12.1 Å². The largest absolute Gasteiger partial charge is 0.478 e. The fourth-order valence-electron chi connectivity index (χ4n) is 2.07. The molecular formula is C16H9BrClNO3S. The molecule has 4 nitrogen and oxygen atoms in total. The minimum Gasteiger partial charge on any atom is -0.478 e. The average Bonchev–Trinajstić information content (AvgIpc) is 2.84. The predicted molar refractivity (Wildman–Crippen MR) is 95.9 cm³/mol. The number of halogens is 2. The Morgan fingerprint density at radius 3 is 2.48 bits per heavy atom. The number of carboxylic acid groups (broad SMARTS) is 1. The van der Waals surface area contributed by atoms with Crippen LogP contribution < -0.4 is 5.32 Å². The van der Waals surface area contributed by atoms with Gasteiger partial charge in [-0.05, 0) is 36.4 Å². The molecule has 0 aliphatic carbocycles. The van der Waals surface area contributed by atoms with Gasteiger partial charge in [-0.2, -0.15) is 0 Å². The Bertz CT molecular complexity index is 921. The zero-order valence-corrected chi connectivity index (χ0v) is 14.6. The van der Waals surface area contributed by atoms with Gasteiger partial charge in [0.15, 0.2) is 0 Å². The van der Waals surface area contributed by atoms with Gasteiger partial charge >= 0.3 is 5.97 Å². The van der Waals surface area contributed by atoms with Crippen LogP contribution in [0.25, 0.3) is 10.1 Å². The maximum absolute atomic E-state index is 12.4. The molecule has 0 saturated heterocycles. The van der Waals surface area contributed by atoms with Gasteiger partial charge in [0.1, 0.15) is 4.88 Å².